The summed E-state index contributed by atoms with van der Waals surface area (Å²) in [5, 5.41) is 19.9. The number of carboxylic acids is 1. The molecule has 88 valence electrons. The number of aryl methyl sites for hydroxylation is 1. The molecule has 1 heterocycles. The number of carbonyl (C=O) groups is 1. The first-order valence-corrected chi connectivity index (χ1v) is 4.92. The van der Waals surface area contributed by atoms with Crippen molar-refractivity contribution in [3.8, 4) is 5.69 Å². The SMILES string of the molecule is O=C(O)CCc1nnn(-c2cccc(F)c2)n1. The van der Waals surface area contributed by atoms with Crippen LogP contribution in [-0.2, 0) is 11.2 Å². The largest absolute Gasteiger partial charge is 0.481 e. The van der Waals surface area contributed by atoms with Crippen LogP contribution in [0.5, 0.6) is 0 Å². The smallest absolute Gasteiger partial charge is 0.303 e. The minimum absolute atomic E-state index is 0.0607. The van der Waals surface area contributed by atoms with Crippen LogP contribution in [0.25, 0.3) is 5.69 Å². The van der Waals surface area contributed by atoms with Crippen LogP contribution in [0.15, 0.2) is 24.3 Å². The molecule has 0 radical (unpaired) electrons. The molecule has 0 fully saturated rings. The van der Waals surface area contributed by atoms with Crippen molar-refractivity contribution in [2.24, 2.45) is 0 Å². The average Bonchev–Trinajstić information content (AvgIpc) is 2.75. The number of aliphatic carboxylic acids is 1. The fourth-order valence-corrected chi connectivity index (χ4v) is 1.27. The summed E-state index contributed by atoms with van der Waals surface area (Å²) in [5.74, 6) is -1.00. The van der Waals surface area contributed by atoms with Gasteiger partial charge in [0.25, 0.3) is 0 Å². The first kappa shape index (κ1) is 11.2. The number of carboxylic acid groups (broad SMARTS) is 1. The molecule has 6 nitrogen and oxygen atoms in total. The van der Waals surface area contributed by atoms with E-state index in [9.17, 15) is 9.18 Å². The first-order valence-electron chi connectivity index (χ1n) is 4.92. The van der Waals surface area contributed by atoms with E-state index in [2.05, 4.69) is 15.4 Å². The molecule has 7 heteroatoms. The Labute approximate surface area is 95.7 Å². The average molecular weight is 236 g/mol. The Kier molecular flexibility index (Phi) is 3.08. The molecule has 0 saturated carbocycles. The highest BCUT2D eigenvalue weighted by Gasteiger charge is 2.07. The second kappa shape index (κ2) is 4.69. The molecule has 0 aliphatic heterocycles. The van der Waals surface area contributed by atoms with Crippen LogP contribution in [0.4, 0.5) is 4.39 Å². The second-order valence-corrected chi connectivity index (χ2v) is 3.37. The zero-order valence-electron chi connectivity index (χ0n) is 8.75. The third-order valence-corrected chi connectivity index (χ3v) is 2.06. The maximum atomic E-state index is 12.9. The third-order valence-electron chi connectivity index (χ3n) is 2.06. The first-order chi connectivity index (χ1) is 8.15. The van der Waals surface area contributed by atoms with Gasteiger partial charge in [0, 0.05) is 12.5 Å². The molecule has 0 atom stereocenters. The molecule has 0 aliphatic carbocycles. The predicted octanol–water partition coefficient (Wildman–Crippen LogP) is 0.819. The van der Waals surface area contributed by atoms with E-state index in [1.807, 2.05) is 0 Å². The summed E-state index contributed by atoms with van der Waals surface area (Å²) in [4.78, 5) is 11.5. The lowest BCUT2D eigenvalue weighted by Crippen LogP contribution is -2.01. The number of hydrogen-bond acceptors (Lipinski definition) is 4. The summed E-state index contributed by atoms with van der Waals surface area (Å²) >= 11 is 0. The van der Waals surface area contributed by atoms with E-state index in [1.165, 1.54) is 23.0 Å². The number of rotatable bonds is 4. The molecule has 0 bridgehead atoms. The molecule has 0 unspecified atom stereocenters. The lowest BCUT2D eigenvalue weighted by molar-refractivity contribution is -0.137. The Balaban J connectivity index is 2.15. The van der Waals surface area contributed by atoms with Crippen LogP contribution >= 0.6 is 0 Å². The minimum Gasteiger partial charge on any atom is -0.481 e. The number of aromatic nitrogens is 4. The minimum atomic E-state index is -0.924. The monoisotopic (exact) mass is 236 g/mol. The topological polar surface area (TPSA) is 80.9 Å². The summed E-state index contributed by atoms with van der Waals surface area (Å²) in [6.45, 7) is 0. The van der Waals surface area contributed by atoms with Crippen LogP contribution < -0.4 is 0 Å². The van der Waals surface area contributed by atoms with E-state index < -0.39 is 11.8 Å². The summed E-state index contributed by atoms with van der Waals surface area (Å²) in [6.07, 6.45) is 0.138. The van der Waals surface area contributed by atoms with Gasteiger partial charge in [-0.3, -0.25) is 4.79 Å². The lowest BCUT2D eigenvalue weighted by Gasteiger charge is -1.96. The molecular formula is C10H9FN4O2. The van der Waals surface area contributed by atoms with Crippen molar-refractivity contribution in [2.75, 3.05) is 0 Å². The second-order valence-electron chi connectivity index (χ2n) is 3.37. The molecule has 1 N–H and O–H groups in total. The van der Waals surface area contributed by atoms with Crippen molar-refractivity contribution in [1.29, 1.82) is 0 Å². The van der Waals surface area contributed by atoms with E-state index in [0.29, 0.717) is 11.5 Å². The fraction of sp³-hybridized carbons (Fsp3) is 0.200. The van der Waals surface area contributed by atoms with Crippen molar-refractivity contribution in [2.45, 2.75) is 12.8 Å². The highest BCUT2D eigenvalue weighted by Crippen LogP contribution is 2.07. The normalized spacial score (nSPS) is 10.4. The van der Waals surface area contributed by atoms with Crippen LogP contribution in [0, 0.1) is 5.82 Å². The van der Waals surface area contributed by atoms with Crippen LogP contribution in [-0.4, -0.2) is 31.3 Å². The van der Waals surface area contributed by atoms with Gasteiger partial charge in [-0.05, 0) is 17.3 Å². The summed E-state index contributed by atoms with van der Waals surface area (Å²) in [7, 11) is 0. The summed E-state index contributed by atoms with van der Waals surface area (Å²) in [6, 6.07) is 5.74. The van der Waals surface area contributed by atoms with E-state index in [1.54, 1.807) is 6.07 Å². The zero-order valence-corrected chi connectivity index (χ0v) is 8.75. The Morgan fingerprint density at radius 1 is 1.47 bits per heavy atom. The van der Waals surface area contributed by atoms with E-state index in [0.717, 1.165) is 0 Å². The Bertz CT molecular complexity index is 541. The molecule has 0 aliphatic rings. The number of tetrazole rings is 1. The van der Waals surface area contributed by atoms with Crippen molar-refractivity contribution in [3.05, 3.63) is 35.9 Å². The van der Waals surface area contributed by atoms with E-state index >= 15 is 0 Å². The predicted molar refractivity (Wildman–Crippen MR) is 55.1 cm³/mol. The van der Waals surface area contributed by atoms with Crippen molar-refractivity contribution >= 4 is 5.97 Å². The molecule has 0 amide bonds. The highest BCUT2D eigenvalue weighted by atomic mass is 19.1. The van der Waals surface area contributed by atoms with Crippen LogP contribution in [0.3, 0.4) is 0 Å². The van der Waals surface area contributed by atoms with Gasteiger partial charge in [0.2, 0.25) is 0 Å². The van der Waals surface area contributed by atoms with Gasteiger partial charge in [-0.25, -0.2) is 4.39 Å². The van der Waals surface area contributed by atoms with E-state index in [4.69, 9.17) is 5.11 Å². The van der Waals surface area contributed by atoms with Crippen LogP contribution in [0.1, 0.15) is 12.2 Å². The van der Waals surface area contributed by atoms with Crippen molar-refractivity contribution < 1.29 is 14.3 Å². The van der Waals surface area contributed by atoms with Crippen molar-refractivity contribution in [1.82, 2.24) is 20.2 Å². The quantitative estimate of drug-likeness (QED) is 0.849. The molecule has 1 aromatic carbocycles. The van der Waals surface area contributed by atoms with Gasteiger partial charge in [0.1, 0.15) is 5.82 Å². The standard InChI is InChI=1S/C10H9FN4O2/c11-7-2-1-3-8(6-7)15-13-9(12-14-15)4-5-10(16)17/h1-3,6H,4-5H2,(H,16,17). The Morgan fingerprint density at radius 3 is 3.00 bits per heavy atom. The number of benzene rings is 1. The fourth-order valence-electron chi connectivity index (χ4n) is 1.27. The Morgan fingerprint density at radius 2 is 2.29 bits per heavy atom. The van der Waals surface area contributed by atoms with Crippen molar-refractivity contribution in [3.63, 3.8) is 0 Å². The molecule has 1 aromatic heterocycles. The number of hydrogen-bond donors (Lipinski definition) is 1. The van der Waals surface area contributed by atoms with Gasteiger partial charge in [-0.1, -0.05) is 6.07 Å². The maximum Gasteiger partial charge on any atom is 0.303 e. The molecule has 2 aromatic rings. The highest BCUT2D eigenvalue weighted by molar-refractivity contribution is 5.66. The zero-order chi connectivity index (χ0) is 12.3. The van der Waals surface area contributed by atoms with Crippen LogP contribution in [0.2, 0.25) is 0 Å². The molecule has 2 rings (SSSR count). The van der Waals surface area contributed by atoms with Gasteiger partial charge in [0.15, 0.2) is 5.82 Å². The Hall–Kier alpha value is -2.31. The molecule has 17 heavy (non-hydrogen) atoms. The lowest BCUT2D eigenvalue weighted by atomic mass is 10.3. The maximum absolute atomic E-state index is 12.9. The van der Waals surface area contributed by atoms with Gasteiger partial charge >= 0.3 is 5.97 Å². The van der Waals surface area contributed by atoms with Gasteiger partial charge in [-0.2, -0.15) is 0 Å². The summed E-state index contributed by atoms with van der Waals surface area (Å²) < 4.78 is 12.9. The van der Waals surface area contributed by atoms with Gasteiger partial charge < -0.3 is 5.11 Å². The molecule has 0 spiro atoms. The van der Waals surface area contributed by atoms with Gasteiger partial charge in [0.05, 0.1) is 12.1 Å². The van der Waals surface area contributed by atoms with Gasteiger partial charge in [-0.15, -0.1) is 15.0 Å². The number of nitrogens with zero attached hydrogens (tertiary/aromatic N) is 4. The molecule has 0 saturated heterocycles. The summed E-state index contributed by atoms with van der Waals surface area (Å²) in [5.41, 5.74) is 0.444. The van der Waals surface area contributed by atoms with E-state index in [-0.39, 0.29) is 12.8 Å². The number of halogens is 1. The molecular weight excluding hydrogens is 227 g/mol. The third kappa shape index (κ3) is 2.83.